The lowest BCUT2D eigenvalue weighted by atomic mass is 10.2. The van der Waals surface area contributed by atoms with Gasteiger partial charge in [-0.1, -0.05) is 0 Å². The van der Waals surface area contributed by atoms with Gasteiger partial charge in [-0.15, -0.1) is 0 Å². The molecule has 0 bridgehead atoms. The Hall–Kier alpha value is -1.42. The van der Waals surface area contributed by atoms with E-state index in [0.717, 1.165) is 21.7 Å². The molecule has 0 amide bonds. The van der Waals surface area contributed by atoms with Gasteiger partial charge in [0, 0.05) is 10.5 Å². The summed E-state index contributed by atoms with van der Waals surface area (Å²) in [6, 6.07) is 9.75. The van der Waals surface area contributed by atoms with Crippen LogP contribution in [0.25, 0.3) is 0 Å². The van der Waals surface area contributed by atoms with E-state index in [1.807, 2.05) is 37.3 Å². The summed E-state index contributed by atoms with van der Waals surface area (Å²) < 4.78 is 11.5. The molecule has 0 aliphatic rings. The second kappa shape index (κ2) is 5.27. The molecule has 4 heteroatoms. The standard InChI is InChI=1S/C13H14BrNO2/c1-9(13-4-3-7-17-13)15-12-8-10(16-2)5-6-11(12)14/h3-9,15H,1-2H3. The zero-order chi connectivity index (χ0) is 12.3. The molecule has 0 fully saturated rings. The fraction of sp³-hybridized carbons (Fsp3) is 0.231. The largest absolute Gasteiger partial charge is 0.497 e. The van der Waals surface area contributed by atoms with Crippen molar-refractivity contribution in [3.63, 3.8) is 0 Å². The highest BCUT2D eigenvalue weighted by molar-refractivity contribution is 9.10. The van der Waals surface area contributed by atoms with Crippen molar-refractivity contribution in [3.8, 4) is 5.75 Å². The average molecular weight is 296 g/mol. The Bertz CT molecular complexity index is 482. The van der Waals surface area contributed by atoms with Crippen LogP contribution in [0.15, 0.2) is 45.5 Å². The maximum Gasteiger partial charge on any atom is 0.125 e. The lowest BCUT2D eigenvalue weighted by Crippen LogP contribution is -2.06. The van der Waals surface area contributed by atoms with E-state index >= 15 is 0 Å². The molecule has 2 aromatic rings. The fourth-order valence-corrected chi connectivity index (χ4v) is 1.95. The van der Waals surface area contributed by atoms with Crippen LogP contribution < -0.4 is 10.1 Å². The molecule has 1 unspecified atom stereocenters. The van der Waals surface area contributed by atoms with E-state index in [4.69, 9.17) is 9.15 Å². The van der Waals surface area contributed by atoms with Gasteiger partial charge in [0.2, 0.25) is 0 Å². The van der Waals surface area contributed by atoms with Crippen molar-refractivity contribution in [1.82, 2.24) is 0 Å². The number of furan rings is 1. The maximum atomic E-state index is 5.35. The molecule has 3 nitrogen and oxygen atoms in total. The molecule has 1 atom stereocenters. The molecule has 17 heavy (non-hydrogen) atoms. The van der Waals surface area contributed by atoms with Gasteiger partial charge in [0.15, 0.2) is 0 Å². The van der Waals surface area contributed by atoms with Crippen LogP contribution in [0, 0.1) is 0 Å². The highest BCUT2D eigenvalue weighted by Gasteiger charge is 2.10. The second-order valence-corrected chi connectivity index (χ2v) is 4.58. The number of benzene rings is 1. The Balaban J connectivity index is 2.18. The molecule has 1 aromatic heterocycles. The highest BCUT2D eigenvalue weighted by atomic mass is 79.9. The summed E-state index contributed by atoms with van der Waals surface area (Å²) in [4.78, 5) is 0. The van der Waals surface area contributed by atoms with Crippen LogP contribution in [0.2, 0.25) is 0 Å². The summed E-state index contributed by atoms with van der Waals surface area (Å²) in [7, 11) is 1.66. The van der Waals surface area contributed by atoms with E-state index in [0.29, 0.717) is 0 Å². The highest BCUT2D eigenvalue weighted by Crippen LogP contribution is 2.30. The monoisotopic (exact) mass is 295 g/mol. The first kappa shape index (κ1) is 12.0. The van der Waals surface area contributed by atoms with Crippen LogP contribution in [0.3, 0.4) is 0 Å². The van der Waals surface area contributed by atoms with Crippen molar-refractivity contribution in [2.75, 3.05) is 12.4 Å². The Morgan fingerprint density at radius 2 is 2.18 bits per heavy atom. The van der Waals surface area contributed by atoms with E-state index in [1.54, 1.807) is 13.4 Å². The zero-order valence-corrected chi connectivity index (χ0v) is 11.3. The first-order valence-electron chi connectivity index (χ1n) is 5.34. The third-order valence-corrected chi connectivity index (χ3v) is 3.21. The zero-order valence-electron chi connectivity index (χ0n) is 9.74. The van der Waals surface area contributed by atoms with Crippen LogP contribution in [0.4, 0.5) is 5.69 Å². The van der Waals surface area contributed by atoms with Crippen molar-refractivity contribution >= 4 is 21.6 Å². The molecular weight excluding hydrogens is 282 g/mol. The second-order valence-electron chi connectivity index (χ2n) is 3.73. The molecule has 2 rings (SSSR count). The Morgan fingerprint density at radius 1 is 1.35 bits per heavy atom. The van der Waals surface area contributed by atoms with Crippen molar-refractivity contribution in [2.24, 2.45) is 0 Å². The van der Waals surface area contributed by atoms with E-state index in [-0.39, 0.29) is 6.04 Å². The van der Waals surface area contributed by atoms with E-state index in [9.17, 15) is 0 Å². The number of hydrogen-bond donors (Lipinski definition) is 1. The normalized spacial score (nSPS) is 12.2. The summed E-state index contributed by atoms with van der Waals surface area (Å²) in [6.07, 6.45) is 1.67. The molecule has 1 aromatic carbocycles. The lowest BCUT2D eigenvalue weighted by Gasteiger charge is -2.15. The first-order chi connectivity index (χ1) is 8.20. The van der Waals surface area contributed by atoms with Gasteiger partial charge in [0.05, 0.1) is 25.1 Å². The van der Waals surface area contributed by atoms with Gasteiger partial charge in [-0.3, -0.25) is 0 Å². The molecule has 1 N–H and O–H groups in total. The number of anilines is 1. The SMILES string of the molecule is COc1ccc(Br)c(NC(C)c2ccco2)c1. The number of halogens is 1. The summed E-state index contributed by atoms with van der Waals surface area (Å²) >= 11 is 3.50. The minimum absolute atomic E-state index is 0.105. The summed E-state index contributed by atoms with van der Waals surface area (Å²) in [5.41, 5.74) is 0.980. The Kier molecular flexibility index (Phi) is 3.74. The third-order valence-electron chi connectivity index (χ3n) is 2.52. The van der Waals surface area contributed by atoms with Crippen LogP contribution in [-0.2, 0) is 0 Å². The topological polar surface area (TPSA) is 34.4 Å². The van der Waals surface area contributed by atoms with Gasteiger partial charge < -0.3 is 14.5 Å². The number of ether oxygens (including phenoxy) is 1. The van der Waals surface area contributed by atoms with Gasteiger partial charge in [0.1, 0.15) is 11.5 Å². The van der Waals surface area contributed by atoms with Gasteiger partial charge in [0.25, 0.3) is 0 Å². The molecule has 90 valence electrons. The van der Waals surface area contributed by atoms with Crippen molar-refractivity contribution < 1.29 is 9.15 Å². The predicted octanol–water partition coefficient (Wildman–Crippen LogP) is 4.22. The predicted molar refractivity (Wildman–Crippen MR) is 71.4 cm³/mol. The molecular formula is C13H14BrNO2. The molecule has 0 radical (unpaired) electrons. The average Bonchev–Trinajstić information content (AvgIpc) is 2.85. The molecule has 0 spiro atoms. The van der Waals surface area contributed by atoms with Crippen molar-refractivity contribution in [2.45, 2.75) is 13.0 Å². The molecule has 1 heterocycles. The number of nitrogens with one attached hydrogen (secondary N) is 1. The minimum Gasteiger partial charge on any atom is -0.497 e. The van der Waals surface area contributed by atoms with E-state index < -0.39 is 0 Å². The minimum atomic E-state index is 0.105. The van der Waals surface area contributed by atoms with Crippen molar-refractivity contribution in [1.29, 1.82) is 0 Å². The van der Waals surface area contributed by atoms with Crippen LogP contribution in [-0.4, -0.2) is 7.11 Å². The van der Waals surface area contributed by atoms with Crippen molar-refractivity contribution in [3.05, 3.63) is 46.8 Å². The van der Waals surface area contributed by atoms with Crippen LogP contribution >= 0.6 is 15.9 Å². The number of hydrogen-bond acceptors (Lipinski definition) is 3. The molecule has 0 saturated heterocycles. The number of methoxy groups -OCH3 is 1. The van der Waals surface area contributed by atoms with Crippen LogP contribution in [0.5, 0.6) is 5.75 Å². The molecule has 0 aliphatic heterocycles. The van der Waals surface area contributed by atoms with Gasteiger partial charge in [-0.2, -0.15) is 0 Å². The summed E-state index contributed by atoms with van der Waals surface area (Å²) in [5.74, 6) is 1.72. The fourth-order valence-electron chi connectivity index (χ4n) is 1.58. The molecule has 0 saturated carbocycles. The lowest BCUT2D eigenvalue weighted by molar-refractivity contribution is 0.415. The Morgan fingerprint density at radius 3 is 2.82 bits per heavy atom. The van der Waals surface area contributed by atoms with Crippen LogP contribution in [0.1, 0.15) is 18.7 Å². The van der Waals surface area contributed by atoms with Gasteiger partial charge in [-0.25, -0.2) is 0 Å². The van der Waals surface area contributed by atoms with E-state index in [2.05, 4.69) is 21.2 Å². The van der Waals surface area contributed by atoms with Gasteiger partial charge in [-0.05, 0) is 47.1 Å². The number of rotatable bonds is 4. The Labute approximate surface area is 109 Å². The molecule has 0 aliphatic carbocycles. The van der Waals surface area contributed by atoms with Gasteiger partial charge >= 0.3 is 0 Å². The quantitative estimate of drug-likeness (QED) is 0.917. The summed E-state index contributed by atoms with van der Waals surface area (Å²) in [6.45, 7) is 2.05. The smallest absolute Gasteiger partial charge is 0.125 e. The van der Waals surface area contributed by atoms with E-state index in [1.165, 1.54) is 0 Å². The maximum absolute atomic E-state index is 5.35. The first-order valence-corrected chi connectivity index (χ1v) is 6.13. The third kappa shape index (κ3) is 2.82. The summed E-state index contributed by atoms with van der Waals surface area (Å²) in [5, 5.41) is 3.37.